The number of aromatic nitrogens is 1. The Bertz CT molecular complexity index is 323. The van der Waals surface area contributed by atoms with Gasteiger partial charge in [0.2, 0.25) is 0 Å². The van der Waals surface area contributed by atoms with Gasteiger partial charge in [-0.1, -0.05) is 0 Å². The molecule has 0 radical (unpaired) electrons. The van der Waals surface area contributed by atoms with E-state index in [1.807, 2.05) is 6.07 Å². The van der Waals surface area contributed by atoms with Crippen LogP contribution in [0.25, 0.3) is 0 Å². The third kappa shape index (κ3) is 1.78. The number of hydrogen-bond donors (Lipinski definition) is 3. The van der Waals surface area contributed by atoms with Gasteiger partial charge in [-0.3, -0.25) is 0 Å². The summed E-state index contributed by atoms with van der Waals surface area (Å²) in [6.45, 7) is 2.27. The number of nitrogens with two attached hydrogens (primary N) is 2. The molecule has 1 atom stereocenters. The molecule has 1 aromatic heterocycles. The minimum atomic E-state index is 0.180. The number of pyridine rings is 1. The van der Waals surface area contributed by atoms with Crippen molar-refractivity contribution in [3.8, 4) is 0 Å². The highest BCUT2D eigenvalue weighted by Gasteiger charge is 2.15. The van der Waals surface area contributed by atoms with Crippen molar-refractivity contribution in [2.45, 2.75) is 6.04 Å². The lowest BCUT2D eigenvalue weighted by Crippen LogP contribution is -2.34. The Kier molecular flexibility index (Phi) is 2.51. The van der Waals surface area contributed by atoms with Crippen molar-refractivity contribution in [2.24, 2.45) is 0 Å². The summed E-state index contributed by atoms with van der Waals surface area (Å²) in [5, 5.41) is 3.32. The van der Waals surface area contributed by atoms with Crippen LogP contribution in [0, 0.1) is 0 Å². The summed E-state index contributed by atoms with van der Waals surface area (Å²) in [7, 11) is 0. The highest BCUT2D eigenvalue weighted by molar-refractivity contribution is 5.58. The third-order valence-corrected chi connectivity index (χ3v) is 2.29. The smallest absolute Gasteiger partial charge is 0.146 e. The van der Waals surface area contributed by atoms with Gasteiger partial charge in [0.05, 0.1) is 24.9 Å². The lowest BCUT2D eigenvalue weighted by atomic mass is 10.1. The van der Waals surface area contributed by atoms with Gasteiger partial charge in [-0.25, -0.2) is 4.98 Å². The molecule has 0 unspecified atom stereocenters. The standard InChI is InChI=1S/C9H14N4O/c10-7-3-6(4-13-9(7)11)8-5-14-2-1-12-8/h3-4,8,12H,1-2,5,10H2,(H2,11,13)/t8-/m0/s1. The molecule has 5 N–H and O–H groups in total. The zero-order valence-electron chi connectivity index (χ0n) is 7.86. The number of ether oxygens (including phenoxy) is 1. The molecule has 1 fully saturated rings. The Morgan fingerprint density at radius 3 is 3.00 bits per heavy atom. The molecule has 0 aromatic carbocycles. The maximum atomic E-state index is 5.67. The van der Waals surface area contributed by atoms with Gasteiger partial charge in [-0.05, 0) is 11.6 Å². The highest BCUT2D eigenvalue weighted by Crippen LogP contribution is 2.20. The van der Waals surface area contributed by atoms with Gasteiger partial charge in [0.1, 0.15) is 5.82 Å². The second-order valence-corrected chi connectivity index (χ2v) is 3.32. The van der Waals surface area contributed by atoms with Crippen LogP contribution >= 0.6 is 0 Å². The average Bonchev–Trinajstić information content (AvgIpc) is 2.23. The van der Waals surface area contributed by atoms with Crippen LogP contribution in [0.15, 0.2) is 12.3 Å². The molecule has 1 aliphatic rings. The van der Waals surface area contributed by atoms with Crippen molar-refractivity contribution >= 4 is 11.5 Å². The third-order valence-electron chi connectivity index (χ3n) is 2.29. The Labute approximate surface area is 82.4 Å². The number of nitrogens with zero attached hydrogens (tertiary/aromatic N) is 1. The molecule has 5 heteroatoms. The predicted octanol–water partition coefficient (Wildman–Crippen LogP) is -0.0931. The van der Waals surface area contributed by atoms with Gasteiger partial charge < -0.3 is 21.5 Å². The monoisotopic (exact) mass is 194 g/mol. The van der Waals surface area contributed by atoms with Crippen LogP contribution in [-0.4, -0.2) is 24.7 Å². The van der Waals surface area contributed by atoms with E-state index in [9.17, 15) is 0 Å². The van der Waals surface area contributed by atoms with Crippen molar-refractivity contribution in [1.82, 2.24) is 10.3 Å². The lowest BCUT2D eigenvalue weighted by molar-refractivity contribution is 0.0768. The van der Waals surface area contributed by atoms with E-state index in [-0.39, 0.29) is 6.04 Å². The normalized spacial score (nSPS) is 22.1. The number of morpholine rings is 1. The van der Waals surface area contributed by atoms with Crippen LogP contribution in [-0.2, 0) is 4.74 Å². The summed E-state index contributed by atoms with van der Waals surface area (Å²) in [5.74, 6) is 0.380. The molecule has 0 spiro atoms. The maximum absolute atomic E-state index is 5.67. The molecule has 1 aromatic rings. The molecule has 1 saturated heterocycles. The summed E-state index contributed by atoms with van der Waals surface area (Å²) < 4.78 is 5.34. The zero-order valence-corrected chi connectivity index (χ0v) is 7.86. The van der Waals surface area contributed by atoms with Gasteiger partial charge in [0, 0.05) is 12.7 Å². The Hall–Kier alpha value is -1.33. The number of anilines is 2. The van der Waals surface area contributed by atoms with Crippen molar-refractivity contribution in [2.75, 3.05) is 31.2 Å². The van der Waals surface area contributed by atoms with Crippen LogP contribution in [0.3, 0.4) is 0 Å². The molecule has 1 aliphatic heterocycles. The number of nitrogen functional groups attached to an aromatic ring is 2. The summed E-state index contributed by atoms with van der Waals surface area (Å²) in [5.41, 5.74) is 12.7. The Balaban J connectivity index is 2.18. The molecular formula is C9H14N4O. The van der Waals surface area contributed by atoms with Crippen LogP contribution < -0.4 is 16.8 Å². The second kappa shape index (κ2) is 3.81. The fourth-order valence-corrected chi connectivity index (χ4v) is 1.48. The van der Waals surface area contributed by atoms with Gasteiger partial charge in [-0.15, -0.1) is 0 Å². The van der Waals surface area contributed by atoms with E-state index in [2.05, 4.69) is 10.3 Å². The minimum Gasteiger partial charge on any atom is -0.396 e. The topological polar surface area (TPSA) is 86.2 Å². The number of nitrogens with one attached hydrogen (secondary N) is 1. The van der Waals surface area contributed by atoms with Crippen LogP contribution in [0.4, 0.5) is 11.5 Å². The minimum absolute atomic E-state index is 0.180. The summed E-state index contributed by atoms with van der Waals surface area (Å²) in [6.07, 6.45) is 1.73. The van der Waals surface area contributed by atoms with Crippen molar-refractivity contribution < 1.29 is 4.74 Å². The first-order valence-corrected chi connectivity index (χ1v) is 4.59. The quantitative estimate of drug-likeness (QED) is 0.581. The molecule has 2 heterocycles. The summed E-state index contributed by atoms with van der Waals surface area (Å²) in [4.78, 5) is 4.01. The summed E-state index contributed by atoms with van der Waals surface area (Å²) >= 11 is 0. The van der Waals surface area contributed by atoms with Gasteiger partial charge >= 0.3 is 0 Å². The predicted molar refractivity (Wildman–Crippen MR) is 54.6 cm³/mol. The molecule has 5 nitrogen and oxygen atoms in total. The Morgan fingerprint density at radius 1 is 1.50 bits per heavy atom. The van der Waals surface area contributed by atoms with Crippen LogP contribution in [0.5, 0.6) is 0 Å². The first-order chi connectivity index (χ1) is 6.77. The number of hydrogen-bond acceptors (Lipinski definition) is 5. The first kappa shape index (κ1) is 9.23. The maximum Gasteiger partial charge on any atom is 0.146 e. The average molecular weight is 194 g/mol. The molecule has 0 saturated carbocycles. The molecule has 0 aliphatic carbocycles. The fraction of sp³-hybridized carbons (Fsp3) is 0.444. The molecule has 76 valence electrons. The molecule has 14 heavy (non-hydrogen) atoms. The van der Waals surface area contributed by atoms with E-state index in [1.54, 1.807) is 6.20 Å². The first-order valence-electron chi connectivity index (χ1n) is 4.59. The molecule has 0 bridgehead atoms. The summed E-state index contributed by atoms with van der Waals surface area (Å²) in [6, 6.07) is 2.02. The van der Waals surface area contributed by atoms with Crippen LogP contribution in [0.1, 0.15) is 11.6 Å². The highest BCUT2D eigenvalue weighted by atomic mass is 16.5. The van der Waals surface area contributed by atoms with Crippen LogP contribution in [0.2, 0.25) is 0 Å². The van der Waals surface area contributed by atoms with E-state index < -0.39 is 0 Å². The molecule has 0 amide bonds. The van der Waals surface area contributed by atoms with E-state index in [0.717, 1.165) is 18.7 Å². The largest absolute Gasteiger partial charge is 0.396 e. The van der Waals surface area contributed by atoms with Gasteiger partial charge in [0.25, 0.3) is 0 Å². The van der Waals surface area contributed by atoms with E-state index in [4.69, 9.17) is 16.2 Å². The van der Waals surface area contributed by atoms with Gasteiger partial charge in [-0.2, -0.15) is 0 Å². The van der Waals surface area contributed by atoms with E-state index in [1.165, 1.54) is 0 Å². The van der Waals surface area contributed by atoms with E-state index >= 15 is 0 Å². The van der Waals surface area contributed by atoms with Crippen molar-refractivity contribution in [3.05, 3.63) is 17.8 Å². The van der Waals surface area contributed by atoms with E-state index in [0.29, 0.717) is 18.1 Å². The second-order valence-electron chi connectivity index (χ2n) is 3.32. The molecule has 2 rings (SSSR count). The zero-order chi connectivity index (χ0) is 9.97. The molecular weight excluding hydrogens is 180 g/mol. The fourth-order valence-electron chi connectivity index (χ4n) is 1.48. The number of rotatable bonds is 1. The van der Waals surface area contributed by atoms with Crippen molar-refractivity contribution in [1.29, 1.82) is 0 Å². The Morgan fingerprint density at radius 2 is 2.36 bits per heavy atom. The van der Waals surface area contributed by atoms with Gasteiger partial charge in [0.15, 0.2) is 0 Å². The SMILES string of the molecule is Nc1cc([C@@H]2COCCN2)cnc1N. The van der Waals surface area contributed by atoms with Crippen molar-refractivity contribution in [3.63, 3.8) is 0 Å². The lowest BCUT2D eigenvalue weighted by Gasteiger charge is -2.24.